The summed E-state index contributed by atoms with van der Waals surface area (Å²) in [6, 6.07) is 24.8. The van der Waals surface area contributed by atoms with Gasteiger partial charge < -0.3 is 9.47 Å². The molecule has 0 aliphatic rings. The van der Waals surface area contributed by atoms with Gasteiger partial charge in [-0.05, 0) is 34.5 Å². The number of para-hydroxylation sites is 1. The van der Waals surface area contributed by atoms with Crippen LogP contribution >= 0.6 is 0 Å². The minimum absolute atomic E-state index is 0.661. The first-order chi connectivity index (χ1) is 11.9. The summed E-state index contributed by atoms with van der Waals surface area (Å²) in [5.41, 5.74) is 1.30. The molecule has 0 saturated heterocycles. The van der Waals surface area contributed by atoms with Crippen LogP contribution in [-0.4, -0.2) is 13.2 Å². The molecule has 2 heteroatoms. The van der Waals surface area contributed by atoms with Gasteiger partial charge in [0.1, 0.15) is 5.75 Å². The second-order valence-corrected chi connectivity index (χ2v) is 5.62. The highest BCUT2D eigenvalue weighted by Gasteiger charge is 1.96. The zero-order chi connectivity index (χ0) is 16.5. The van der Waals surface area contributed by atoms with E-state index in [9.17, 15) is 0 Å². The van der Waals surface area contributed by atoms with Crippen LogP contribution in [0.2, 0.25) is 0 Å². The molecule has 0 spiro atoms. The molecule has 2 nitrogen and oxygen atoms in total. The molecule has 24 heavy (non-hydrogen) atoms. The largest absolute Gasteiger partial charge is 0.501 e. The summed E-state index contributed by atoms with van der Waals surface area (Å²) in [6.07, 6.45) is 5.53. The van der Waals surface area contributed by atoms with Crippen molar-refractivity contribution >= 4 is 10.8 Å². The Kier molecular flexibility index (Phi) is 5.90. The minimum Gasteiger partial charge on any atom is -0.501 e. The molecular formula is C22H22O2. The number of fused-ring (bicyclic) bond motifs is 1. The van der Waals surface area contributed by atoms with E-state index in [1.165, 1.54) is 16.3 Å². The number of rotatable bonds is 8. The highest BCUT2D eigenvalue weighted by Crippen LogP contribution is 2.16. The third-order valence-electron chi connectivity index (χ3n) is 3.81. The van der Waals surface area contributed by atoms with E-state index in [1.54, 1.807) is 6.26 Å². The Morgan fingerprint density at radius 3 is 2.42 bits per heavy atom. The summed E-state index contributed by atoms with van der Waals surface area (Å²) in [6.45, 7) is 1.35. The maximum atomic E-state index is 5.62. The van der Waals surface area contributed by atoms with Crippen LogP contribution in [0.15, 0.2) is 85.1 Å². The van der Waals surface area contributed by atoms with E-state index in [4.69, 9.17) is 9.47 Å². The van der Waals surface area contributed by atoms with E-state index in [1.807, 2.05) is 36.4 Å². The Hall–Kier alpha value is -2.74. The molecule has 0 unspecified atom stereocenters. The number of benzene rings is 3. The highest BCUT2D eigenvalue weighted by molar-refractivity contribution is 5.82. The predicted molar refractivity (Wildman–Crippen MR) is 99.3 cm³/mol. The van der Waals surface area contributed by atoms with Crippen LogP contribution in [0.5, 0.6) is 5.75 Å². The van der Waals surface area contributed by atoms with Crippen molar-refractivity contribution in [3.8, 4) is 5.75 Å². The van der Waals surface area contributed by atoms with Gasteiger partial charge in [-0.3, -0.25) is 0 Å². The molecule has 0 aliphatic carbocycles. The van der Waals surface area contributed by atoms with E-state index in [2.05, 4.69) is 42.5 Å². The van der Waals surface area contributed by atoms with Crippen LogP contribution in [0.4, 0.5) is 0 Å². The fraction of sp³-hybridized carbons (Fsp3) is 0.182. The van der Waals surface area contributed by atoms with Gasteiger partial charge in [0.25, 0.3) is 0 Å². The lowest BCUT2D eigenvalue weighted by molar-refractivity contribution is 0.250. The number of hydrogen-bond donors (Lipinski definition) is 0. The van der Waals surface area contributed by atoms with Gasteiger partial charge in [0, 0.05) is 12.8 Å². The van der Waals surface area contributed by atoms with Gasteiger partial charge in [-0.15, -0.1) is 0 Å². The van der Waals surface area contributed by atoms with Gasteiger partial charge in [-0.1, -0.05) is 60.7 Å². The molecule has 0 fully saturated rings. The first kappa shape index (κ1) is 16.1. The fourth-order valence-corrected chi connectivity index (χ4v) is 2.54. The van der Waals surface area contributed by atoms with Crippen molar-refractivity contribution in [2.75, 3.05) is 13.2 Å². The molecule has 3 rings (SSSR count). The molecule has 0 bridgehead atoms. The molecule has 0 saturated carbocycles. The van der Waals surface area contributed by atoms with Crippen molar-refractivity contribution in [2.45, 2.75) is 12.8 Å². The normalized spacial score (nSPS) is 11.0. The lowest BCUT2D eigenvalue weighted by Gasteiger charge is -2.05. The Morgan fingerprint density at radius 1 is 0.750 bits per heavy atom. The number of ether oxygens (including phenoxy) is 2. The van der Waals surface area contributed by atoms with Crippen LogP contribution in [0.25, 0.3) is 10.8 Å². The lowest BCUT2D eigenvalue weighted by Crippen LogP contribution is -1.96. The monoisotopic (exact) mass is 318 g/mol. The molecule has 0 radical (unpaired) electrons. The highest BCUT2D eigenvalue weighted by atomic mass is 16.5. The number of hydrogen-bond acceptors (Lipinski definition) is 2. The smallest absolute Gasteiger partial charge is 0.119 e. The second kappa shape index (κ2) is 8.78. The third-order valence-corrected chi connectivity index (χ3v) is 3.81. The molecule has 0 heterocycles. The second-order valence-electron chi connectivity index (χ2n) is 5.62. The molecule has 0 amide bonds. The van der Waals surface area contributed by atoms with Crippen molar-refractivity contribution in [2.24, 2.45) is 0 Å². The molecular weight excluding hydrogens is 296 g/mol. The molecule has 3 aromatic rings. The van der Waals surface area contributed by atoms with E-state index in [0.717, 1.165) is 18.6 Å². The summed E-state index contributed by atoms with van der Waals surface area (Å²) >= 11 is 0. The Morgan fingerprint density at radius 2 is 1.54 bits per heavy atom. The standard InChI is InChI=1S/C22H22O2/c1-2-10-22(11-3-1)24-16-7-6-15-23-17-14-19-12-13-20-8-4-5-9-21(20)18-19/h1-6,8-13,15,18H,7,14,16-17H2/b15-6+. The third kappa shape index (κ3) is 4.88. The van der Waals surface area contributed by atoms with Crippen molar-refractivity contribution in [3.63, 3.8) is 0 Å². The van der Waals surface area contributed by atoms with Gasteiger partial charge in [0.15, 0.2) is 0 Å². The zero-order valence-corrected chi connectivity index (χ0v) is 13.7. The van der Waals surface area contributed by atoms with Crippen molar-refractivity contribution in [1.29, 1.82) is 0 Å². The van der Waals surface area contributed by atoms with Gasteiger partial charge >= 0.3 is 0 Å². The molecule has 0 atom stereocenters. The fourth-order valence-electron chi connectivity index (χ4n) is 2.54. The molecule has 0 aliphatic heterocycles. The lowest BCUT2D eigenvalue weighted by atomic mass is 10.1. The van der Waals surface area contributed by atoms with E-state index in [-0.39, 0.29) is 0 Å². The predicted octanol–water partition coefficient (Wildman–Crippen LogP) is 5.38. The minimum atomic E-state index is 0.661. The average Bonchev–Trinajstić information content (AvgIpc) is 2.64. The molecule has 0 aromatic heterocycles. The van der Waals surface area contributed by atoms with Crippen LogP contribution in [0.1, 0.15) is 12.0 Å². The van der Waals surface area contributed by atoms with Gasteiger partial charge in [0.05, 0.1) is 19.5 Å². The van der Waals surface area contributed by atoms with E-state index in [0.29, 0.717) is 13.2 Å². The van der Waals surface area contributed by atoms with E-state index >= 15 is 0 Å². The summed E-state index contributed by atoms with van der Waals surface area (Å²) in [7, 11) is 0. The van der Waals surface area contributed by atoms with Gasteiger partial charge in [-0.25, -0.2) is 0 Å². The first-order valence-electron chi connectivity index (χ1n) is 8.34. The van der Waals surface area contributed by atoms with Crippen LogP contribution in [0, 0.1) is 0 Å². The summed E-state index contributed by atoms with van der Waals surface area (Å²) in [5, 5.41) is 2.56. The van der Waals surface area contributed by atoms with Crippen LogP contribution in [-0.2, 0) is 11.2 Å². The quantitative estimate of drug-likeness (QED) is 0.410. The Balaban J connectivity index is 1.34. The van der Waals surface area contributed by atoms with Crippen molar-refractivity contribution in [3.05, 3.63) is 90.7 Å². The van der Waals surface area contributed by atoms with Crippen molar-refractivity contribution < 1.29 is 9.47 Å². The van der Waals surface area contributed by atoms with E-state index < -0.39 is 0 Å². The van der Waals surface area contributed by atoms with Gasteiger partial charge in [0.2, 0.25) is 0 Å². The summed E-state index contributed by atoms with van der Waals surface area (Å²) < 4.78 is 11.2. The van der Waals surface area contributed by atoms with Crippen LogP contribution < -0.4 is 4.74 Å². The Labute approximate surface area is 143 Å². The average molecular weight is 318 g/mol. The first-order valence-corrected chi connectivity index (χ1v) is 8.34. The Bertz CT molecular complexity index is 778. The zero-order valence-electron chi connectivity index (χ0n) is 13.7. The van der Waals surface area contributed by atoms with Crippen molar-refractivity contribution in [1.82, 2.24) is 0 Å². The topological polar surface area (TPSA) is 18.5 Å². The molecule has 122 valence electrons. The molecule has 3 aromatic carbocycles. The molecule has 0 N–H and O–H groups in total. The van der Waals surface area contributed by atoms with Gasteiger partial charge in [-0.2, -0.15) is 0 Å². The maximum Gasteiger partial charge on any atom is 0.119 e. The van der Waals surface area contributed by atoms with Crippen LogP contribution in [0.3, 0.4) is 0 Å². The SMILES string of the molecule is C(=C\OCCc1ccc2ccccc2c1)/CCOc1ccccc1. The maximum absolute atomic E-state index is 5.62. The summed E-state index contributed by atoms with van der Waals surface area (Å²) in [4.78, 5) is 0. The summed E-state index contributed by atoms with van der Waals surface area (Å²) in [5.74, 6) is 0.906.